The van der Waals surface area contributed by atoms with Crippen molar-refractivity contribution in [3.8, 4) is 0 Å². The number of hydrogen-bond acceptors (Lipinski definition) is 6. The smallest absolute Gasteiger partial charge is 0.339 e. The van der Waals surface area contributed by atoms with E-state index in [4.69, 9.17) is 9.47 Å². The third kappa shape index (κ3) is 10.4. The Kier molecular flexibility index (Phi) is 12.4. The predicted octanol–water partition coefficient (Wildman–Crippen LogP) is 11.6. The molecule has 0 saturated heterocycles. The molecule has 54 heavy (non-hydrogen) atoms. The molecule has 0 saturated carbocycles. The summed E-state index contributed by atoms with van der Waals surface area (Å²) >= 11 is 6.75. The van der Waals surface area contributed by atoms with Gasteiger partial charge >= 0.3 is 11.9 Å². The summed E-state index contributed by atoms with van der Waals surface area (Å²) in [6.07, 6.45) is 0. The number of carbonyl (C=O) groups excluding carboxylic acids is 4. The van der Waals surface area contributed by atoms with E-state index >= 15 is 0 Å². The maximum absolute atomic E-state index is 12.8. The minimum Gasteiger partial charge on any atom is -0.456 e. The fraction of sp³-hybridized carbons (Fsp3) is 0.182. The van der Waals surface area contributed by atoms with Crippen molar-refractivity contribution in [3.63, 3.8) is 0 Å². The van der Waals surface area contributed by atoms with Gasteiger partial charge in [0.1, 0.15) is 11.2 Å². The molecule has 6 aromatic rings. The van der Waals surface area contributed by atoms with E-state index in [9.17, 15) is 19.2 Å². The highest BCUT2D eigenvalue weighted by Crippen LogP contribution is 2.27. The summed E-state index contributed by atoms with van der Waals surface area (Å²) in [6.45, 7) is 11.0. The SMILES string of the molecule is CC(C)(C)OC(=O)c1cccc2c(C(=O)Nc3ccc(Br)cc3)cccc12.CC(C)(C)OC(=O)c1cccc2c(C(=O)Nc3ccc(Br)cc3)cccc12. The standard InChI is InChI=1S/2C22H20BrNO3/c2*1-22(2,3)27-21(26)19-9-5-6-16-17(19)7-4-8-18(16)20(25)24-15-12-10-14(23)11-13-15/h2*4-13H,1-3H3,(H,24,25). The summed E-state index contributed by atoms with van der Waals surface area (Å²) in [5.41, 5.74) is 2.11. The second-order valence-corrected chi connectivity index (χ2v) is 16.2. The predicted molar refractivity (Wildman–Crippen MR) is 222 cm³/mol. The summed E-state index contributed by atoms with van der Waals surface area (Å²) in [4.78, 5) is 50.7. The molecule has 0 spiro atoms. The zero-order chi connectivity index (χ0) is 39.2. The largest absolute Gasteiger partial charge is 0.456 e. The summed E-state index contributed by atoms with van der Waals surface area (Å²) in [5, 5.41) is 8.57. The third-order valence-electron chi connectivity index (χ3n) is 7.78. The Bertz CT molecular complexity index is 2180. The van der Waals surface area contributed by atoms with Gasteiger partial charge in [-0.2, -0.15) is 0 Å². The van der Waals surface area contributed by atoms with Gasteiger partial charge in [-0.3, -0.25) is 9.59 Å². The zero-order valence-corrected chi connectivity index (χ0v) is 33.9. The Hall–Kier alpha value is -5.32. The van der Waals surface area contributed by atoms with E-state index in [2.05, 4.69) is 42.5 Å². The molecule has 0 unspecified atom stereocenters. The number of hydrogen-bond donors (Lipinski definition) is 2. The summed E-state index contributed by atoms with van der Waals surface area (Å²) in [6, 6.07) is 36.0. The molecule has 2 N–H and O–H groups in total. The molecule has 2 amide bonds. The molecule has 0 fully saturated rings. The van der Waals surface area contributed by atoms with Crippen molar-refractivity contribution >= 4 is 88.5 Å². The van der Waals surface area contributed by atoms with Gasteiger partial charge in [0, 0.05) is 31.4 Å². The first-order chi connectivity index (χ1) is 25.5. The van der Waals surface area contributed by atoms with E-state index in [-0.39, 0.29) is 11.8 Å². The highest BCUT2D eigenvalue weighted by Gasteiger charge is 2.22. The van der Waals surface area contributed by atoms with Crippen molar-refractivity contribution < 1.29 is 28.7 Å². The second-order valence-electron chi connectivity index (χ2n) is 14.3. The van der Waals surface area contributed by atoms with Crippen LogP contribution in [0.5, 0.6) is 0 Å². The van der Waals surface area contributed by atoms with Crippen molar-refractivity contribution in [3.05, 3.63) is 153 Å². The number of amides is 2. The van der Waals surface area contributed by atoms with Crippen LogP contribution in [0.25, 0.3) is 21.5 Å². The molecule has 0 aliphatic rings. The molecule has 10 heteroatoms. The van der Waals surface area contributed by atoms with Gasteiger partial charge in [-0.05, 0) is 136 Å². The van der Waals surface area contributed by atoms with Crippen LogP contribution in [-0.2, 0) is 9.47 Å². The minimum absolute atomic E-state index is 0.232. The number of benzene rings is 6. The Balaban J connectivity index is 0.000000208. The Morgan fingerprint density at radius 2 is 0.704 bits per heavy atom. The van der Waals surface area contributed by atoms with Crippen LogP contribution in [0, 0.1) is 0 Å². The van der Waals surface area contributed by atoms with Crippen molar-refractivity contribution in [2.45, 2.75) is 52.7 Å². The van der Waals surface area contributed by atoms with Gasteiger partial charge in [0.25, 0.3) is 11.8 Å². The molecular weight excluding hydrogens is 812 g/mol. The monoisotopic (exact) mass is 850 g/mol. The van der Waals surface area contributed by atoms with Gasteiger partial charge in [0.2, 0.25) is 0 Å². The molecule has 0 bridgehead atoms. The number of nitrogens with one attached hydrogen (secondary N) is 2. The molecular formula is C44H40Br2N2O6. The average Bonchev–Trinajstić information content (AvgIpc) is 3.11. The number of carbonyl (C=O) groups is 4. The molecule has 8 nitrogen and oxygen atoms in total. The van der Waals surface area contributed by atoms with E-state index in [1.54, 1.807) is 48.5 Å². The van der Waals surface area contributed by atoms with E-state index < -0.39 is 23.1 Å². The fourth-order valence-electron chi connectivity index (χ4n) is 5.50. The number of halogens is 2. The molecule has 0 atom stereocenters. The number of anilines is 2. The first kappa shape index (κ1) is 39.9. The maximum atomic E-state index is 12.8. The average molecular weight is 853 g/mol. The summed E-state index contributed by atoms with van der Waals surface area (Å²) in [5.74, 6) is -1.27. The Morgan fingerprint density at radius 1 is 0.426 bits per heavy atom. The number of esters is 2. The van der Waals surface area contributed by atoms with Gasteiger partial charge in [-0.15, -0.1) is 0 Å². The Morgan fingerprint density at radius 3 is 1.00 bits per heavy atom. The molecule has 6 rings (SSSR count). The molecule has 0 aromatic heterocycles. The van der Waals surface area contributed by atoms with Crippen LogP contribution in [-0.4, -0.2) is 35.0 Å². The minimum atomic E-state index is -0.587. The topological polar surface area (TPSA) is 111 Å². The van der Waals surface area contributed by atoms with Crippen LogP contribution in [0.3, 0.4) is 0 Å². The van der Waals surface area contributed by atoms with Crippen molar-refractivity contribution in [1.29, 1.82) is 0 Å². The molecule has 276 valence electrons. The van der Waals surface area contributed by atoms with Gasteiger partial charge in [0.05, 0.1) is 11.1 Å². The second kappa shape index (κ2) is 16.8. The lowest BCUT2D eigenvalue weighted by molar-refractivity contribution is 0.00592. The van der Waals surface area contributed by atoms with Crippen molar-refractivity contribution in [2.75, 3.05) is 10.6 Å². The van der Waals surface area contributed by atoms with Gasteiger partial charge in [0.15, 0.2) is 0 Å². The van der Waals surface area contributed by atoms with E-state index in [0.29, 0.717) is 55.2 Å². The fourth-order valence-corrected chi connectivity index (χ4v) is 6.03. The number of ether oxygens (including phenoxy) is 2. The van der Waals surface area contributed by atoms with E-state index in [1.807, 2.05) is 114 Å². The highest BCUT2D eigenvalue weighted by atomic mass is 79.9. The van der Waals surface area contributed by atoms with Crippen LogP contribution >= 0.6 is 31.9 Å². The van der Waals surface area contributed by atoms with Crippen LogP contribution < -0.4 is 10.6 Å². The Labute approximate surface area is 331 Å². The molecule has 0 radical (unpaired) electrons. The maximum Gasteiger partial charge on any atom is 0.339 e. The first-order valence-corrected chi connectivity index (χ1v) is 18.7. The highest BCUT2D eigenvalue weighted by molar-refractivity contribution is 9.10. The number of rotatable bonds is 6. The van der Waals surface area contributed by atoms with E-state index in [0.717, 1.165) is 8.95 Å². The molecule has 0 aliphatic carbocycles. The normalized spacial score (nSPS) is 11.3. The first-order valence-electron chi connectivity index (χ1n) is 17.1. The van der Waals surface area contributed by atoms with Crippen LogP contribution in [0.15, 0.2) is 130 Å². The zero-order valence-electron chi connectivity index (χ0n) is 30.8. The van der Waals surface area contributed by atoms with E-state index in [1.165, 1.54) is 0 Å². The van der Waals surface area contributed by atoms with Crippen LogP contribution in [0.1, 0.15) is 83.0 Å². The molecule has 0 heterocycles. The van der Waals surface area contributed by atoms with Crippen molar-refractivity contribution in [1.82, 2.24) is 0 Å². The summed E-state index contributed by atoms with van der Waals surface area (Å²) < 4.78 is 12.9. The summed E-state index contributed by atoms with van der Waals surface area (Å²) in [7, 11) is 0. The lowest BCUT2D eigenvalue weighted by atomic mass is 9.99. The van der Waals surface area contributed by atoms with Crippen LogP contribution in [0.4, 0.5) is 11.4 Å². The van der Waals surface area contributed by atoms with Crippen LogP contribution in [0.2, 0.25) is 0 Å². The number of fused-ring (bicyclic) bond motifs is 2. The third-order valence-corrected chi connectivity index (χ3v) is 8.83. The molecule has 6 aromatic carbocycles. The quantitative estimate of drug-likeness (QED) is 0.161. The van der Waals surface area contributed by atoms with Gasteiger partial charge in [-0.25, -0.2) is 9.59 Å². The molecule has 0 aliphatic heterocycles. The van der Waals surface area contributed by atoms with Crippen molar-refractivity contribution in [2.24, 2.45) is 0 Å². The lowest BCUT2D eigenvalue weighted by Crippen LogP contribution is -2.24. The van der Waals surface area contributed by atoms with Gasteiger partial charge < -0.3 is 20.1 Å². The van der Waals surface area contributed by atoms with Gasteiger partial charge in [-0.1, -0.05) is 80.4 Å². The lowest BCUT2D eigenvalue weighted by Gasteiger charge is -2.20.